The molecule has 1 aliphatic heterocycles. The van der Waals surface area contributed by atoms with Crippen LogP contribution in [0.15, 0.2) is 6.07 Å². The van der Waals surface area contributed by atoms with E-state index in [0.29, 0.717) is 24.7 Å². The van der Waals surface area contributed by atoms with Gasteiger partial charge in [0.25, 0.3) is 5.91 Å². The number of carbonyl (C=O) groups excluding carboxylic acids is 1. The fourth-order valence-electron chi connectivity index (χ4n) is 2.83. The van der Waals surface area contributed by atoms with Gasteiger partial charge in [-0.1, -0.05) is 20.8 Å². The lowest BCUT2D eigenvalue weighted by Crippen LogP contribution is -2.39. The summed E-state index contributed by atoms with van der Waals surface area (Å²) in [6.07, 6.45) is 1.76. The van der Waals surface area contributed by atoms with Crippen molar-refractivity contribution in [2.45, 2.75) is 46.7 Å². The summed E-state index contributed by atoms with van der Waals surface area (Å²) in [5, 5.41) is 15.5. The number of nitrogens with one attached hydrogen (secondary N) is 1. The molecule has 1 aliphatic rings. The average Bonchev–Trinajstić information content (AvgIpc) is 3.11. The van der Waals surface area contributed by atoms with Gasteiger partial charge in [-0.3, -0.25) is 9.89 Å². The van der Waals surface area contributed by atoms with Crippen LogP contribution in [0.4, 0.5) is 0 Å². The van der Waals surface area contributed by atoms with Gasteiger partial charge < -0.3 is 9.47 Å². The van der Waals surface area contributed by atoms with E-state index in [1.54, 1.807) is 4.90 Å². The summed E-state index contributed by atoms with van der Waals surface area (Å²) in [6.45, 7) is 8.27. The monoisotopic (exact) mass is 302 g/mol. The fourth-order valence-corrected chi connectivity index (χ4v) is 2.83. The lowest BCUT2D eigenvalue weighted by atomic mass is 10.1. The summed E-state index contributed by atoms with van der Waals surface area (Å²) < 4.78 is 2.11. The van der Waals surface area contributed by atoms with Crippen molar-refractivity contribution in [3.8, 4) is 0 Å². The normalized spacial score (nSPS) is 14.5. The number of hydrogen-bond donors (Lipinski definition) is 1. The first-order chi connectivity index (χ1) is 10.6. The molecule has 7 nitrogen and oxygen atoms in total. The van der Waals surface area contributed by atoms with Crippen molar-refractivity contribution in [1.29, 1.82) is 0 Å². The first kappa shape index (κ1) is 14.7. The van der Waals surface area contributed by atoms with Gasteiger partial charge in [0.15, 0.2) is 5.82 Å². The lowest BCUT2D eigenvalue weighted by molar-refractivity contribution is 0.0700. The molecule has 0 radical (unpaired) electrons. The van der Waals surface area contributed by atoms with Crippen LogP contribution >= 0.6 is 0 Å². The molecule has 0 bridgehead atoms. The largest absolute Gasteiger partial charge is 0.328 e. The van der Waals surface area contributed by atoms with Crippen molar-refractivity contribution in [1.82, 2.24) is 29.9 Å². The summed E-state index contributed by atoms with van der Waals surface area (Å²) in [6, 6.07) is 1.86. The number of aromatic amines is 1. The van der Waals surface area contributed by atoms with E-state index in [-0.39, 0.29) is 5.91 Å². The Bertz CT molecular complexity index is 671. The van der Waals surface area contributed by atoms with Crippen LogP contribution in [0.5, 0.6) is 0 Å². The summed E-state index contributed by atoms with van der Waals surface area (Å²) in [5.41, 5.74) is 1.49. The van der Waals surface area contributed by atoms with Crippen LogP contribution < -0.4 is 0 Å². The SMILES string of the molecule is CCc1nnc2n1CCN(C(=O)c1cc(CC(C)C)[nH]n1)C2. The lowest BCUT2D eigenvalue weighted by Gasteiger charge is -2.27. The number of rotatable bonds is 4. The van der Waals surface area contributed by atoms with E-state index in [9.17, 15) is 4.79 Å². The fraction of sp³-hybridized carbons (Fsp3) is 0.600. The molecule has 0 fully saturated rings. The zero-order valence-electron chi connectivity index (χ0n) is 13.3. The number of amides is 1. The van der Waals surface area contributed by atoms with Crippen molar-refractivity contribution in [2.75, 3.05) is 6.54 Å². The number of aromatic nitrogens is 5. The number of carbonyl (C=O) groups is 1. The van der Waals surface area contributed by atoms with E-state index in [1.807, 2.05) is 6.07 Å². The standard InChI is InChI=1S/C15H22N6O/c1-4-13-18-19-14-9-20(5-6-21(13)14)15(22)12-8-11(16-17-12)7-10(2)3/h8,10H,4-7,9H2,1-3H3,(H,16,17). The Morgan fingerprint density at radius 1 is 1.36 bits per heavy atom. The third-order valence-corrected chi connectivity index (χ3v) is 3.91. The summed E-state index contributed by atoms with van der Waals surface area (Å²) in [7, 11) is 0. The highest BCUT2D eigenvalue weighted by Gasteiger charge is 2.26. The molecule has 0 unspecified atom stereocenters. The van der Waals surface area contributed by atoms with Crippen LogP contribution in [0.3, 0.4) is 0 Å². The molecular weight excluding hydrogens is 280 g/mol. The van der Waals surface area contributed by atoms with E-state index in [0.717, 1.165) is 36.7 Å². The van der Waals surface area contributed by atoms with Crippen molar-refractivity contribution in [3.63, 3.8) is 0 Å². The highest BCUT2D eigenvalue weighted by molar-refractivity contribution is 5.92. The Kier molecular flexibility index (Phi) is 3.96. The Balaban J connectivity index is 1.72. The predicted octanol–water partition coefficient (Wildman–Crippen LogP) is 1.42. The molecule has 7 heteroatoms. The third kappa shape index (κ3) is 2.75. The molecule has 118 valence electrons. The van der Waals surface area contributed by atoms with Gasteiger partial charge in [-0.15, -0.1) is 10.2 Å². The molecule has 0 spiro atoms. The van der Waals surface area contributed by atoms with Crippen molar-refractivity contribution in [2.24, 2.45) is 5.92 Å². The maximum atomic E-state index is 12.6. The van der Waals surface area contributed by atoms with Gasteiger partial charge in [0.2, 0.25) is 0 Å². The zero-order chi connectivity index (χ0) is 15.7. The molecule has 1 amide bonds. The molecule has 2 aromatic heterocycles. The molecule has 22 heavy (non-hydrogen) atoms. The second-order valence-corrected chi connectivity index (χ2v) is 6.14. The van der Waals surface area contributed by atoms with Gasteiger partial charge >= 0.3 is 0 Å². The number of nitrogens with zero attached hydrogens (tertiary/aromatic N) is 5. The summed E-state index contributed by atoms with van der Waals surface area (Å²) >= 11 is 0. The van der Waals surface area contributed by atoms with Crippen LogP contribution in [0.25, 0.3) is 0 Å². The van der Waals surface area contributed by atoms with Gasteiger partial charge in [0.1, 0.15) is 11.5 Å². The minimum Gasteiger partial charge on any atom is -0.328 e. The number of fused-ring (bicyclic) bond motifs is 1. The Morgan fingerprint density at radius 2 is 2.18 bits per heavy atom. The smallest absolute Gasteiger partial charge is 0.274 e. The van der Waals surface area contributed by atoms with Crippen LogP contribution in [-0.4, -0.2) is 42.3 Å². The second kappa shape index (κ2) is 5.90. The maximum Gasteiger partial charge on any atom is 0.274 e. The van der Waals surface area contributed by atoms with Crippen molar-refractivity contribution < 1.29 is 4.79 Å². The average molecular weight is 302 g/mol. The predicted molar refractivity (Wildman–Crippen MR) is 81.3 cm³/mol. The first-order valence-electron chi connectivity index (χ1n) is 7.83. The van der Waals surface area contributed by atoms with E-state index in [1.165, 1.54) is 0 Å². The van der Waals surface area contributed by atoms with Crippen molar-refractivity contribution in [3.05, 3.63) is 29.1 Å². The van der Waals surface area contributed by atoms with Gasteiger partial charge in [-0.2, -0.15) is 5.10 Å². The van der Waals surface area contributed by atoms with E-state index in [4.69, 9.17) is 0 Å². The number of hydrogen-bond acceptors (Lipinski definition) is 4. The zero-order valence-corrected chi connectivity index (χ0v) is 13.3. The third-order valence-electron chi connectivity index (χ3n) is 3.91. The molecule has 0 atom stereocenters. The minimum absolute atomic E-state index is 0.0430. The van der Waals surface area contributed by atoms with Crippen LogP contribution in [0.2, 0.25) is 0 Å². The molecule has 1 N–H and O–H groups in total. The Labute approximate surface area is 129 Å². The summed E-state index contributed by atoms with van der Waals surface area (Å²) in [4.78, 5) is 14.4. The topological polar surface area (TPSA) is 79.7 Å². The number of H-pyrrole nitrogens is 1. The Hall–Kier alpha value is -2.18. The molecule has 0 saturated heterocycles. The van der Waals surface area contributed by atoms with Gasteiger partial charge in [-0.25, -0.2) is 0 Å². The molecule has 3 heterocycles. The maximum absolute atomic E-state index is 12.6. The second-order valence-electron chi connectivity index (χ2n) is 6.14. The Morgan fingerprint density at radius 3 is 2.91 bits per heavy atom. The number of aryl methyl sites for hydroxylation is 1. The van der Waals surface area contributed by atoms with Crippen LogP contribution in [-0.2, 0) is 25.9 Å². The molecule has 2 aromatic rings. The van der Waals surface area contributed by atoms with Crippen LogP contribution in [0, 0.1) is 5.92 Å². The molecule has 0 aromatic carbocycles. The highest BCUT2D eigenvalue weighted by Crippen LogP contribution is 2.16. The molecular formula is C15H22N6O. The van der Waals surface area contributed by atoms with E-state index in [2.05, 4.69) is 45.7 Å². The highest BCUT2D eigenvalue weighted by atomic mass is 16.2. The molecule has 0 aliphatic carbocycles. The molecule has 0 saturated carbocycles. The molecule has 3 rings (SSSR count). The minimum atomic E-state index is -0.0430. The van der Waals surface area contributed by atoms with Crippen LogP contribution in [0.1, 0.15) is 48.6 Å². The van der Waals surface area contributed by atoms with E-state index >= 15 is 0 Å². The van der Waals surface area contributed by atoms with Gasteiger partial charge in [-0.05, 0) is 18.4 Å². The quantitative estimate of drug-likeness (QED) is 0.926. The van der Waals surface area contributed by atoms with Gasteiger partial charge in [0, 0.05) is 25.2 Å². The summed E-state index contributed by atoms with van der Waals surface area (Å²) in [5.74, 6) is 2.33. The van der Waals surface area contributed by atoms with E-state index < -0.39 is 0 Å². The first-order valence-corrected chi connectivity index (χ1v) is 7.83. The van der Waals surface area contributed by atoms with Gasteiger partial charge in [0.05, 0.1) is 6.54 Å². The van der Waals surface area contributed by atoms with Crippen molar-refractivity contribution >= 4 is 5.91 Å².